The van der Waals surface area contributed by atoms with Crippen LogP contribution in [0.5, 0.6) is 0 Å². The minimum Gasteiger partial charge on any atom is -0.330 e. The van der Waals surface area contributed by atoms with Gasteiger partial charge in [-0.2, -0.15) is 0 Å². The summed E-state index contributed by atoms with van der Waals surface area (Å²) >= 11 is 5.75. The van der Waals surface area contributed by atoms with Crippen LogP contribution >= 0.6 is 11.6 Å². The second-order valence-electron chi connectivity index (χ2n) is 3.77. The lowest BCUT2D eigenvalue weighted by Gasteiger charge is -2.07. The minimum atomic E-state index is -3.76. The van der Waals surface area contributed by atoms with E-state index < -0.39 is 14.9 Å². The van der Waals surface area contributed by atoms with Crippen LogP contribution in [0.3, 0.4) is 0 Å². The summed E-state index contributed by atoms with van der Waals surface area (Å²) in [7, 11) is -3.76. The number of hydrogen-bond donors (Lipinski definition) is 2. The lowest BCUT2D eigenvalue weighted by molar-refractivity contribution is -0.384. The van der Waals surface area contributed by atoms with Crippen molar-refractivity contribution in [1.82, 2.24) is 4.72 Å². The van der Waals surface area contributed by atoms with Crippen molar-refractivity contribution in [3.63, 3.8) is 0 Å². The van der Waals surface area contributed by atoms with Gasteiger partial charge in [-0.1, -0.05) is 11.6 Å². The molecule has 0 aromatic heterocycles. The van der Waals surface area contributed by atoms with E-state index in [4.69, 9.17) is 17.3 Å². The van der Waals surface area contributed by atoms with Gasteiger partial charge >= 0.3 is 0 Å². The predicted molar refractivity (Wildman–Crippen MR) is 71.6 cm³/mol. The van der Waals surface area contributed by atoms with E-state index in [1.165, 1.54) is 0 Å². The van der Waals surface area contributed by atoms with E-state index in [1.807, 2.05) is 0 Å². The fourth-order valence-electron chi connectivity index (χ4n) is 1.37. The number of unbranched alkanes of at least 4 members (excludes halogenated alkanes) is 1. The number of nitrogens with one attached hydrogen (secondary N) is 1. The van der Waals surface area contributed by atoms with Gasteiger partial charge < -0.3 is 5.73 Å². The highest BCUT2D eigenvalue weighted by Gasteiger charge is 2.19. The van der Waals surface area contributed by atoms with E-state index in [0.29, 0.717) is 19.4 Å². The molecule has 0 unspecified atom stereocenters. The zero-order valence-corrected chi connectivity index (χ0v) is 11.6. The molecular weight excluding hydrogens is 294 g/mol. The Morgan fingerprint density at radius 1 is 1.37 bits per heavy atom. The molecule has 1 aromatic carbocycles. The SMILES string of the molecule is NCCCCNS(=O)(=O)c1ccc([N+](=O)[O-])cc1Cl. The lowest BCUT2D eigenvalue weighted by Crippen LogP contribution is -2.25. The summed E-state index contributed by atoms with van der Waals surface area (Å²) in [5.74, 6) is 0. The van der Waals surface area contributed by atoms with Crippen LogP contribution in [0.25, 0.3) is 0 Å². The smallest absolute Gasteiger partial charge is 0.271 e. The molecule has 0 saturated carbocycles. The number of nitro benzene ring substituents is 1. The van der Waals surface area contributed by atoms with Crippen LogP contribution in [-0.4, -0.2) is 26.4 Å². The molecule has 0 atom stereocenters. The molecule has 19 heavy (non-hydrogen) atoms. The maximum absolute atomic E-state index is 11.9. The van der Waals surface area contributed by atoms with Gasteiger partial charge in [-0.15, -0.1) is 0 Å². The summed E-state index contributed by atoms with van der Waals surface area (Å²) < 4.78 is 26.2. The van der Waals surface area contributed by atoms with Crippen molar-refractivity contribution in [2.75, 3.05) is 13.1 Å². The molecule has 9 heteroatoms. The summed E-state index contributed by atoms with van der Waals surface area (Å²) in [5, 5.41) is 10.3. The highest BCUT2D eigenvalue weighted by atomic mass is 35.5. The second kappa shape index (κ2) is 6.80. The van der Waals surface area contributed by atoms with Crippen molar-refractivity contribution in [1.29, 1.82) is 0 Å². The first kappa shape index (κ1) is 15.8. The Balaban J connectivity index is 2.87. The maximum atomic E-state index is 11.9. The van der Waals surface area contributed by atoms with Crippen molar-refractivity contribution in [2.45, 2.75) is 17.7 Å². The normalized spacial score (nSPS) is 11.5. The van der Waals surface area contributed by atoms with Gasteiger partial charge in [0.05, 0.1) is 9.95 Å². The van der Waals surface area contributed by atoms with E-state index >= 15 is 0 Å². The van der Waals surface area contributed by atoms with Crippen LogP contribution < -0.4 is 10.5 Å². The van der Waals surface area contributed by atoms with Gasteiger partial charge in [0.1, 0.15) is 4.90 Å². The molecule has 7 nitrogen and oxygen atoms in total. The van der Waals surface area contributed by atoms with Crippen LogP contribution in [0.4, 0.5) is 5.69 Å². The van der Waals surface area contributed by atoms with Gasteiger partial charge in [-0.25, -0.2) is 13.1 Å². The number of sulfonamides is 1. The number of nitro groups is 1. The van der Waals surface area contributed by atoms with Gasteiger partial charge in [-0.05, 0) is 25.5 Å². The number of nitrogens with two attached hydrogens (primary N) is 1. The fourth-order valence-corrected chi connectivity index (χ4v) is 2.99. The number of nitrogens with zero attached hydrogens (tertiary/aromatic N) is 1. The van der Waals surface area contributed by atoms with Crippen LogP contribution in [0, 0.1) is 10.1 Å². The van der Waals surface area contributed by atoms with Crippen LogP contribution in [-0.2, 0) is 10.0 Å². The van der Waals surface area contributed by atoms with Crippen molar-refractivity contribution >= 4 is 27.3 Å². The monoisotopic (exact) mass is 307 g/mol. The summed E-state index contributed by atoms with van der Waals surface area (Å²) in [4.78, 5) is 9.71. The number of benzene rings is 1. The fraction of sp³-hybridized carbons (Fsp3) is 0.400. The molecule has 0 aliphatic heterocycles. The molecule has 3 N–H and O–H groups in total. The molecule has 0 saturated heterocycles. The Hall–Kier alpha value is -1.22. The van der Waals surface area contributed by atoms with E-state index in [0.717, 1.165) is 18.2 Å². The molecule has 0 aliphatic rings. The minimum absolute atomic E-state index is 0.174. The number of hydrogen-bond acceptors (Lipinski definition) is 5. The van der Waals surface area contributed by atoms with E-state index in [9.17, 15) is 18.5 Å². The average molecular weight is 308 g/mol. The molecule has 0 spiro atoms. The summed E-state index contributed by atoms with van der Waals surface area (Å²) in [6.45, 7) is 0.729. The number of non-ortho nitro benzene ring substituents is 1. The third-order valence-electron chi connectivity index (χ3n) is 2.34. The standard InChI is InChI=1S/C10H14ClN3O4S/c11-9-7-8(14(15)16)3-4-10(9)19(17,18)13-6-2-1-5-12/h3-4,7,13H,1-2,5-6,12H2. The number of rotatable bonds is 7. The largest absolute Gasteiger partial charge is 0.330 e. The first-order valence-corrected chi connectivity index (χ1v) is 7.38. The Morgan fingerprint density at radius 3 is 2.58 bits per heavy atom. The first-order chi connectivity index (χ1) is 8.88. The molecule has 0 heterocycles. The van der Waals surface area contributed by atoms with Crippen molar-refractivity contribution in [3.8, 4) is 0 Å². The van der Waals surface area contributed by atoms with Gasteiger partial charge in [0.15, 0.2) is 0 Å². The zero-order valence-electron chi connectivity index (χ0n) is 10.0. The van der Waals surface area contributed by atoms with Gasteiger partial charge in [0.2, 0.25) is 10.0 Å². The van der Waals surface area contributed by atoms with E-state index in [2.05, 4.69) is 4.72 Å². The first-order valence-electron chi connectivity index (χ1n) is 5.52. The zero-order chi connectivity index (χ0) is 14.5. The van der Waals surface area contributed by atoms with E-state index in [1.54, 1.807) is 0 Å². The molecule has 0 amide bonds. The van der Waals surface area contributed by atoms with Crippen LogP contribution in [0.1, 0.15) is 12.8 Å². The third kappa shape index (κ3) is 4.43. The number of halogens is 1. The molecule has 0 fully saturated rings. The van der Waals surface area contributed by atoms with Crippen molar-refractivity contribution in [3.05, 3.63) is 33.3 Å². The molecular formula is C10H14ClN3O4S. The predicted octanol–water partition coefficient (Wildman–Crippen LogP) is 1.27. The van der Waals surface area contributed by atoms with Gasteiger partial charge in [0, 0.05) is 18.7 Å². The van der Waals surface area contributed by atoms with Crippen LogP contribution in [0.2, 0.25) is 5.02 Å². The highest BCUT2D eigenvalue weighted by Crippen LogP contribution is 2.25. The summed E-state index contributed by atoms with van der Waals surface area (Å²) in [6.07, 6.45) is 1.32. The molecule has 0 radical (unpaired) electrons. The Morgan fingerprint density at radius 2 is 2.05 bits per heavy atom. The Labute approximate surface area is 115 Å². The second-order valence-corrected chi connectivity index (χ2v) is 5.91. The molecule has 106 valence electrons. The van der Waals surface area contributed by atoms with Gasteiger partial charge in [0.25, 0.3) is 5.69 Å². The molecule has 1 aromatic rings. The third-order valence-corrected chi connectivity index (χ3v) is 4.28. The Bertz CT molecular complexity index is 562. The van der Waals surface area contributed by atoms with Crippen molar-refractivity contribution < 1.29 is 13.3 Å². The molecule has 0 bridgehead atoms. The quantitative estimate of drug-likeness (QED) is 0.447. The average Bonchev–Trinajstić information content (AvgIpc) is 2.34. The maximum Gasteiger partial charge on any atom is 0.271 e. The molecule has 0 aliphatic carbocycles. The summed E-state index contributed by atoms with van der Waals surface area (Å²) in [6, 6.07) is 3.22. The topological polar surface area (TPSA) is 115 Å². The van der Waals surface area contributed by atoms with E-state index in [-0.39, 0.29) is 22.2 Å². The van der Waals surface area contributed by atoms with Crippen molar-refractivity contribution in [2.24, 2.45) is 5.73 Å². The van der Waals surface area contributed by atoms with Crippen LogP contribution in [0.15, 0.2) is 23.1 Å². The lowest BCUT2D eigenvalue weighted by atomic mass is 10.3. The Kier molecular flexibility index (Phi) is 5.67. The van der Waals surface area contributed by atoms with Gasteiger partial charge in [-0.3, -0.25) is 10.1 Å². The summed E-state index contributed by atoms with van der Waals surface area (Å²) in [5.41, 5.74) is 5.04. The molecule has 1 rings (SSSR count). The highest BCUT2D eigenvalue weighted by molar-refractivity contribution is 7.89.